The molecule has 0 bridgehead atoms. The minimum atomic E-state index is -0.0177. The lowest BCUT2D eigenvalue weighted by Crippen LogP contribution is -2.15. The van der Waals surface area contributed by atoms with Crippen LogP contribution >= 0.6 is 0 Å². The van der Waals surface area contributed by atoms with Crippen molar-refractivity contribution in [1.82, 2.24) is 0 Å². The van der Waals surface area contributed by atoms with Gasteiger partial charge in [-0.3, -0.25) is 4.79 Å². The van der Waals surface area contributed by atoms with Crippen molar-refractivity contribution in [3.8, 4) is 22.3 Å². The number of anilines is 1. The first-order valence-corrected chi connectivity index (χ1v) is 9.38. The van der Waals surface area contributed by atoms with Gasteiger partial charge in [0.05, 0.1) is 6.42 Å². The zero-order valence-electron chi connectivity index (χ0n) is 15.5. The van der Waals surface area contributed by atoms with Crippen LogP contribution in [-0.2, 0) is 11.2 Å². The maximum absolute atomic E-state index is 12.6. The molecule has 0 saturated heterocycles. The van der Waals surface area contributed by atoms with Crippen molar-refractivity contribution in [2.24, 2.45) is 0 Å². The predicted molar refractivity (Wildman–Crippen MR) is 116 cm³/mol. The molecule has 0 aromatic heterocycles. The molecule has 28 heavy (non-hydrogen) atoms. The molecule has 0 spiro atoms. The molecular formula is C26H21NO. The lowest BCUT2D eigenvalue weighted by Gasteiger charge is -2.11. The standard InChI is InChI=1S/C26H21NO/c28-26(19-20-15-17-22(18-16-20)21-9-3-1-4-10-21)27-25-14-8-7-13-24(25)23-11-5-2-6-12-23/h1-18H,19H2,(H,27,28). The van der Waals surface area contributed by atoms with Gasteiger partial charge < -0.3 is 5.32 Å². The molecule has 1 N–H and O–H groups in total. The van der Waals surface area contributed by atoms with Crippen molar-refractivity contribution in [3.05, 3.63) is 115 Å². The van der Waals surface area contributed by atoms with Crippen LogP contribution in [0.2, 0.25) is 0 Å². The summed E-state index contributed by atoms with van der Waals surface area (Å²) in [6.45, 7) is 0. The Morgan fingerprint density at radius 2 is 1.11 bits per heavy atom. The topological polar surface area (TPSA) is 29.1 Å². The lowest BCUT2D eigenvalue weighted by molar-refractivity contribution is -0.115. The summed E-state index contributed by atoms with van der Waals surface area (Å²) in [4.78, 5) is 12.6. The highest BCUT2D eigenvalue weighted by atomic mass is 16.1. The number of hydrogen-bond donors (Lipinski definition) is 1. The SMILES string of the molecule is O=C(Cc1ccc(-c2ccccc2)cc1)Nc1ccccc1-c1ccccc1. The van der Waals surface area contributed by atoms with E-state index in [2.05, 4.69) is 29.6 Å². The third-order valence-electron chi connectivity index (χ3n) is 4.71. The second kappa shape index (κ2) is 8.36. The van der Waals surface area contributed by atoms with Crippen LogP contribution in [0, 0.1) is 0 Å². The Labute approximate surface area is 165 Å². The Kier molecular flexibility index (Phi) is 5.30. The van der Waals surface area contributed by atoms with E-state index in [1.54, 1.807) is 0 Å². The Morgan fingerprint density at radius 3 is 1.79 bits per heavy atom. The van der Waals surface area contributed by atoms with Crippen LogP contribution in [0.15, 0.2) is 109 Å². The Morgan fingerprint density at radius 1 is 0.571 bits per heavy atom. The van der Waals surface area contributed by atoms with Gasteiger partial charge in [-0.15, -0.1) is 0 Å². The van der Waals surface area contributed by atoms with Gasteiger partial charge in [0, 0.05) is 11.3 Å². The number of rotatable bonds is 5. The fraction of sp³-hybridized carbons (Fsp3) is 0.0385. The average molecular weight is 363 g/mol. The van der Waals surface area contributed by atoms with Gasteiger partial charge >= 0.3 is 0 Å². The summed E-state index contributed by atoms with van der Waals surface area (Å²) in [5.74, 6) is -0.0177. The molecule has 0 saturated carbocycles. The van der Waals surface area contributed by atoms with Gasteiger partial charge in [0.2, 0.25) is 5.91 Å². The summed E-state index contributed by atoms with van der Waals surface area (Å²) in [6, 6.07) is 36.4. The molecule has 136 valence electrons. The van der Waals surface area contributed by atoms with Gasteiger partial charge in [-0.2, -0.15) is 0 Å². The van der Waals surface area contributed by atoms with Crippen molar-refractivity contribution < 1.29 is 4.79 Å². The van der Waals surface area contributed by atoms with E-state index in [4.69, 9.17) is 0 Å². The number of benzene rings is 4. The molecule has 0 heterocycles. The van der Waals surface area contributed by atoms with Crippen LogP contribution in [0.5, 0.6) is 0 Å². The van der Waals surface area contributed by atoms with E-state index in [1.807, 2.05) is 84.9 Å². The van der Waals surface area contributed by atoms with Gasteiger partial charge in [-0.25, -0.2) is 0 Å². The van der Waals surface area contributed by atoms with Gasteiger partial charge in [0.1, 0.15) is 0 Å². The summed E-state index contributed by atoms with van der Waals surface area (Å²) in [5.41, 5.74) is 6.27. The van der Waals surface area contributed by atoms with Crippen molar-refractivity contribution >= 4 is 11.6 Å². The van der Waals surface area contributed by atoms with Crippen molar-refractivity contribution in [1.29, 1.82) is 0 Å². The number of amides is 1. The van der Waals surface area contributed by atoms with Crippen LogP contribution in [0.4, 0.5) is 5.69 Å². The van der Waals surface area contributed by atoms with Crippen molar-refractivity contribution in [2.45, 2.75) is 6.42 Å². The Balaban J connectivity index is 1.47. The van der Waals surface area contributed by atoms with Gasteiger partial charge in [-0.1, -0.05) is 103 Å². The minimum Gasteiger partial charge on any atom is -0.325 e. The molecule has 4 aromatic rings. The highest BCUT2D eigenvalue weighted by molar-refractivity contribution is 5.96. The number of carbonyl (C=O) groups is 1. The third kappa shape index (κ3) is 4.18. The zero-order valence-corrected chi connectivity index (χ0v) is 15.5. The molecule has 0 unspecified atom stereocenters. The van der Waals surface area contributed by atoms with E-state index >= 15 is 0 Å². The Hall–Kier alpha value is -3.65. The minimum absolute atomic E-state index is 0.0177. The van der Waals surface area contributed by atoms with Gasteiger partial charge in [-0.05, 0) is 28.3 Å². The van der Waals surface area contributed by atoms with Crippen molar-refractivity contribution in [3.63, 3.8) is 0 Å². The number of carbonyl (C=O) groups excluding carboxylic acids is 1. The third-order valence-corrected chi connectivity index (χ3v) is 4.71. The van der Waals surface area contributed by atoms with Crippen LogP contribution in [-0.4, -0.2) is 5.91 Å². The summed E-state index contributed by atoms with van der Waals surface area (Å²) < 4.78 is 0. The average Bonchev–Trinajstić information content (AvgIpc) is 2.76. The van der Waals surface area contributed by atoms with Gasteiger partial charge in [0.25, 0.3) is 0 Å². The zero-order chi connectivity index (χ0) is 19.2. The molecule has 2 nitrogen and oxygen atoms in total. The maximum Gasteiger partial charge on any atom is 0.228 e. The molecule has 0 radical (unpaired) electrons. The molecule has 4 aromatic carbocycles. The van der Waals surface area contributed by atoms with E-state index in [0.29, 0.717) is 6.42 Å². The largest absolute Gasteiger partial charge is 0.325 e. The predicted octanol–water partition coefficient (Wildman–Crippen LogP) is 6.20. The molecule has 1 amide bonds. The first-order chi connectivity index (χ1) is 13.8. The molecule has 0 fully saturated rings. The fourth-order valence-corrected chi connectivity index (χ4v) is 3.29. The Bertz CT molecular complexity index is 1050. The smallest absolute Gasteiger partial charge is 0.228 e. The van der Waals surface area contributed by atoms with Crippen LogP contribution in [0.1, 0.15) is 5.56 Å². The summed E-state index contributed by atoms with van der Waals surface area (Å²) in [6.07, 6.45) is 0.345. The second-order valence-electron chi connectivity index (χ2n) is 6.70. The summed E-state index contributed by atoms with van der Waals surface area (Å²) in [5, 5.41) is 3.06. The monoisotopic (exact) mass is 363 g/mol. The van der Waals surface area contributed by atoms with E-state index in [1.165, 1.54) is 5.56 Å². The number of para-hydroxylation sites is 1. The normalized spacial score (nSPS) is 10.4. The molecule has 0 aliphatic heterocycles. The molecule has 0 atom stereocenters. The first-order valence-electron chi connectivity index (χ1n) is 9.38. The van der Waals surface area contributed by atoms with Crippen LogP contribution in [0.3, 0.4) is 0 Å². The molecule has 0 aliphatic rings. The first kappa shape index (κ1) is 17.7. The fourth-order valence-electron chi connectivity index (χ4n) is 3.29. The summed E-state index contributed by atoms with van der Waals surface area (Å²) in [7, 11) is 0. The van der Waals surface area contributed by atoms with Gasteiger partial charge in [0.15, 0.2) is 0 Å². The maximum atomic E-state index is 12.6. The summed E-state index contributed by atoms with van der Waals surface area (Å²) >= 11 is 0. The van der Waals surface area contributed by atoms with Crippen molar-refractivity contribution in [2.75, 3.05) is 5.32 Å². The number of hydrogen-bond acceptors (Lipinski definition) is 1. The van der Waals surface area contributed by atoms with E-state index in [9.17, 15) is 4.79 Å². The van der Waals surface area contributed by atoms with Crippen LogP contribution in [0.25, 0.3) is 22.3 Å². The van der Waals surface area contributed by atoms with E-state index in [-0.39, 0.29) is 5.91 Å². The van der Waals surface area contributed by atoms with E-state index in [0.717, 1.165) is 27.9 Å². The second-order valence-corrected chi connectivity index (χ2v) is 6.70. The molecular weight excluding hydrogens is 342 g/mol. The van der Waals surface area contributed by atoms with Crippen LogP contribution < -0.4 is 5.32 Å². The molecule has 2 heteroatoms. The molecule has 0 aliphatic carbocycles. The highest BCUT2D eigenvalue weighted by Gasteiger charge is 2.09. The quantitative estimate of drug-likeness (QED) is 0.449. The lowest BCUT2D eigenvalue weighted by atomic mass is 10.0. The number of nitrogens with one attached hydrogen (secondary N) is 1. The van der Waals surface area contributed by atoms with E-state index < -0.39 is 0 Å². The molecule has 4 rings (SSSR count). The highest BCUT2D eigenvalue weighted by Crippen LogP contribution is 2.27.